The second kappa shape index (κ2) is 4.21. The molecule has 80 valence electrons. The molecule has 0 saturated carbocycles. The van der Waals surface area contributed by atoms with Crippen molar-refractivity contribution in [3.63, 3.8) is 0 Å². The van der Waals surface area contributed by atoms with Crippen molar-refractivity contribution in [1.82, 2.24) is 9.88 Å². The van der Waals surface area contributed by atoms with Crippen LogP contribution in [0.4, 0.5) is 0 Å². The fourth-order valence-electron chi connectivity index (χ4n) is 1.54. The molecule has 4 heteroatoms. The van der Waals surface area contributed by atoms with Crippen LogP contribution in [0.1, 0.15) is 11.5 Å². The van der Waals surface area contributed by atoms with E-state index in [4.69, 9.17) is 16.0 Å². The van der Waals surface area contributed by atoms with Gasteiger partial charge in [0, 0.05) is 13.5 Å². The van der Waals surface area contributed by atoms with E-state index in [1.807, 2.05) is 37.1 Å². The number of nitrogens with zero attached hydrogens (tertiary/aromatic N) is 2. The summed E-state index contributed by atoms with van der Waals surface area (Å²) >= 11 is 5.71. The summed E-state index contributed by atoms with van der Waals surface area (Å²) in [4.78, 5) is 6.27. The molecule has 0 saturated heterocycles. The highest BCUT2D eigenvalue weighted by atomic mass is 35.5. The van der Waals surface area contributed by atoms with E-state index in [1.54, 1.807) is 0 Å². The maximum absolute atomic E-state index is 5.71. The Morgan fingerprint density at radius 2 is 2.27 bits per heavy atom. The number of halogens is 1. The highest BCUT2D eigenvalue weighted by molar-refractivity contribution is 6.17. The third-order valence-corrected chi connectivity index (χ3v) is 2.62. The fraction of sp³-hybridized carbons (Fsp3) is 0.364. The van der Waals surface area contributed by atoms with E-state index < -0.39 is 0 Å². The molecule has 0 spiro atoms. The Bertz CT molecular complexity index is 467. The number of hydrogen-bond acceptors (Lipinski definition) is 3. The molecule has 0 bridgehead atoms. The Kier molecular flexibility index (Phi) is 2.93. The number of alkyl halides is 1. The van der Waals surface area contributed by atoms with Gasteiger partial charge in [0.1, 0.15) is 5.52 Å². The molecule has 0 radical (unpaired) electrons. The third kappa shape index (κ3) is 2.30. The lowest BCUT2D eigenvalue weighted by Crippen LogP contribution is -2.15. The maximum Gasteiger partial charge on any atom is 0.192 e. The summed E-state index contributed by atoms with van der Waals surface area (Å²) in [5, 5.41) is 0. The second-order valence-corrected chi connectivity index (χ2v) is 3.91. The normalized spacial score (nSPS) is 11.5. The Morgan fingerprint density at radius 3 is 3.00 bits per heavy atom. The summed E-state index contributed by atoms with van der Waals surface area (Å²) in [7, 11) is 1.98. The van der Waals surface area contributed by atoms with Crippen molar-refractivity contribution in [3.05, 3.63) is 29.7 Å². The molecule has 0 aliphatic rings. The van der Waals surface area contributed by atoms with Crippen LogP contribution in [0.3, 0.4) is 0 Å². The molecule has 0 aliphatic carbocycles. The van der Waals surface area contributed by atoms with Crippen LogP contribution in [0.2, 0.25) is 0 Å². The first-order valence-corrected chi connectivity index (χ1v) is 5.33. The topological polar surface area (TPSA) is 29.3 Å². The summed E-state index contributed by atoms with van der Waals surface area (Å²) in [6.07, 6.45) is 0. The lowest BCUT2D eigenvalue weighted by atomic mass is 10.2. The van der Waals surface area contributed by atoms with Crippen LogP contribution >= 0.6 is 11.6 Å². The van der Waals surface area contributed by atoms with Crippen molar-refractivity contribution in [2.75, 3.05) is 13.1 Å². The molecule has 0 N–H and O–H groups in total. The van der Waals surface area contributed by atoms with E-state index in [9.17, 15) is 0 Å². The van der Waals surface area contributed by atoms with Crippen LogP contribution in [-0.2, 0) is 6.54 Å². The third-order valence-electron chi connectivity index (χ3n) is 2.22. The minimum absolute atomic E-state index is 0.521. The molecule has 0 fully saturated rings. The Morgan fingerprint density at radius 1 is 1.47 bits per heavy atom. The van der Waals surface area contributed by atoms with Crippen molar-refractivity contribution < 1.29 is 4.42 Å². The average Bonchev–Trinajstić information content (AvgIpc) is 2.57. The number of aromatic nitrogens is 1. The van der Waals surface area contributed by atoms with Crippen LogP contribution < -0.4 is 0 Å². The van der Waals surface area contributed by atoms with Gasteiger partial charge in [0.05, 0.1) is 6.00 Å². The Balaban J connectivity index is 2.30. The monoisotopic (exact) mass is 224 g/mol. The predicted octanol–water partition coefficient (Wildman–Crippen LogP) is 2.76. The number of rotatable bonds is 3. The van der Waals surface area contributed by atoms with Gasteiger partial charge >= 0.3 is 0 Å². The fourth-order valence-corrected chi connectivity index (χ4v) is 1.62. The van der Waals surface area contributed by atoms with Crippen LogP contribution in [0, 0.1) is 6.92 Å². The Hall–Kier alpha value is -1.06. The summed E-state index contributed by atoms with van der Waals surface area (Å²) < 4.78 is 5.46. The summed E-state index contributed by atoms with van der Waals surface area (Å²) in [6, 6.07) is 6.56. The van der Waals surface area contributed by atoms with Crippen LogP contribution in [0.5, 0.6) is 0 Å². The molecule has 1 heterocycles. The highest BCUT2D eigenvalue weighted by Crippen LogP contribution is 2.17. The molecule has 0 amide bonds. The summed E-state index contributed by atoms with van der Waals surface area (Å²) in [5.41, 5.74) is 2.93. The van der Waals surface area contributed by atoms with Gasteiger partial charge < -0.3 is 4.42 Å². The molecule has 2 aromatic rings. The lowest BCUT2D eigenvalue weighted by molar-refractivity contribution is 0.382. The van der Waals surface area contributed by atoms with E-state index in [1.165, 1.54) is 5.56 Å². The smallest absolute Gasteiger partial charge is 0.192 e. The van der Waals surface area contributed by atoms with Crippen molar-refractivity contribution in [2.45, 2.75) is 13.5 Å². The number of benzene rings is 1. The molecule has 1 aromatic heterocycles. The van der Waals surface area contributed by atoms with E-state index in [-0.39, 0.29) is 0 Å². The first kappa shape index (κ1) is 10.5. The zero-order valence-electron chi connectivity index (χ0n) is 8.83. The minimum atomic E-state index is 0.521. The van der Waals surface area contributed by atoms with Crippen molar-refractivity contribution in [1.29, 1.82) is 0 Å². The molecule has 0 aliphatic heterocycles. The van der Waals surface area contributed by atoms with E-state index >= 15 is 0 Å². The molecular weight excluding hydrogens is 212 g/mol. The highest BCUT2D eigenvalue weighted by Gasteiger charge is 2.04. The van der Waals surface area contributed by atoms with E-state index in [2.05, 4.69) is 4.98 Å². The molecule has 2 rings (SSSR count). The van der Waals surface area contributed by atoms with Gasteiger partial charge in [-0.3, -0.25) is 4.90 Å². The number of fused-ring (bicyclic) bond motifs is 1. The number of oxazole rings is 1. The van der Waals surface area contributed by atoms with Gasteiger partial charge in [0.15, 0.2) is 11.5 Å². The van der Waals surface area contributed by atoms with Crippen molar-refractivity contribution in [2.24, 2.45) is 0 Å². The first-order valence-electron chi connectivity index (χ1n) is 4.79. The maximum atomic E-state index is 5.71. The van der Waals surface area contributed by atoms with Gasteiger partial charge in [-0.1, -0.05) is 6.07 Å². The van der Waals surface area contributed by atoms with Crippen LogP contribution in [-0.4, -0.2) is 22.9 Å². The van der Waals surface area contributed by atoms with E-state index in [0.717, 1.165) is 17.6 Å². The molecule has 1 aromatic carbocycles. The molecule has 15 heavy (non-hydrogen) atoms. The Labute approximate surface area is 93.6 Å². The second-order valence-electron chi connectivity index (χ2n) is 3.67. The van der Waals surface area contributed by atoms with Crippen molar-refractivity contribution in [3.8, 4) is 0 Å². The summed E-state index contributed by atoms with van der Waals surface area (Å²) in [5.74, 6) is 0.702. The molecule has 0 atom stereocenters. The molecule has 3 nitrogen and oxygen atoms in total. The quantitative estimate of drug-likeness (QED) is 0.593. The number of aryl methyl sites for hydroxylation is 1. The predicted molar refractivity (Wildman–Crippen MR) is 60.9 cm³/mol. The van der Waals surface area contributed by atoms with Gasteiger partial charge in [-0.2, -0.15) is 0 Å². The minimum Gasteiger partial charge on any atom is -0.441 e. The first-order chi connectivity index (χ1) is 7.19. The van der Waals surface area contributed by atoms with Crippen molar-refractivity contribution >= 4 is 22.7 Å². The van der Waals surface area contributed by atoms with Gasteiger partial charge in [-0.15, -0.1) is 11.6 Å². The largest absolute Gasteiger partial charge is 0.441 e. The average molecular weight is 225 g/mol. The standard InChI is InChI=1S/C11H13ClN2O/c1-8-13-10-4-3-9(5-11(10)15-8)6-14(2)7-12/h3-5H,6-7H2,1-2H3. The van der Waals surface area contributed by atoms with Gasteiger partial charge in [0.25, 0.3) is 0 Å². The summed E-state index contributed by atoms with van der Waals surface area (Å²) in [6.45, 7) is 2.67. The van der Waals surface area contributed by atoms with Crippen LogP contribution in [0.25, 0.3) is 11.1 Å². The van der Waals surface area contributed by atoms with Crippen LogP contribution in [0.15, 0.2) is 22.6 Å². The van der Waals surface area contributed by atoms with Gasteiger partial charge in [-0.05, 0) is 24.7 Å². The zero-order chi connectivity index (χ0) is 10.8. The van der Waals surface area contributed by atoms with Gasteiger partial charge in [-0.25, -0.2) is 4.98 Å². The molecule has 0 unspecified atom stereocenters. The van der Waals surface area contributed by atoms with Gasteiger partial charge in [0.2, 0.25) is 0 Å². The molecular formula is C11H13ClN2O. The van der Waals surface area contributed by atoms with E-state index in [0.29, 0.717) is 11.9 Å². The zero-order valence-corrected chi connectivity index (χ0v) is 9.58. The lowest BCUT2D eigenvalue weighted by Gasteiger charge is -2.11. The number of hydrogen-bond donors (Lipinski definition) is 0. The SMILES string of the molecule is Cc1nc2ccc(CN(C)CCl)cc2o1.